The minimum absolute atomic E-state index is 0.0309. The molecule has 2 heterocycles. The molecule has 0 spiro atoms. The number of hydrogen-bond donors (Lipinski definition) is 0. The van der Waals surface area contributed by atoms with Crippen LogP contribution in [0.1, 0.15) is 48.4 Å². The molecular formula is C17H23ClN4O3S. The summed E-state index contributed by atoms with van der Waals surface area (Å²) >= 11 is 6.09. The number of halogens is 1. The van der Waals surface area contributed by atoms with Crippen molar-refractivity contribution in [1.29, 1.82) is 0 Å². The zero-order valence-electron chi connectivity index (χ0n) is 15.4. The highest BCUT2D eigenvalue weighted by Crippen LogP contribution is 2.28. The lowest BCUT2D eigenvalue weighted by molar-refractivity contribution is 0.0861. The van der Waals surface area contributed by atoms with E-state index in [-0.39, 0.29) is 28.0 Å². The van der Waals surface area contributed by atoms with Gasteiger partial charge in [0.1, 0.15) is 15.7 Å². The van der Waals surface area contributed by atoms with Crippen LogP contribution in [0.2, 0.25) is 5.15 Å². The smallest absolute Gasteiger partial charge is 0.266 e. The topological polar surface area (TPSA) is 85.2 Å². The summed E-state index contributed by atoms with van der Waals surface area (Å²) in [5.41, 5.74) is 1.33. The molecule has 7 nitrogen and oxygen atoms in total. The number of nitrogens with zero attached hydrogens (tertiary/aromatic N) is 4. The number of sulfonamides is 1. The zero-order valence-corrected chi connectivity index (χ0v) is 16.9. The minimum Gasteiger partial charge on any atom is -0.266 e. The van der Waals surface area contributed by atoms with Crippen LogP contribution in [-0.4, -0.2) is 39.9 Å². The number of rotatable bonds is 7. The third kappa shape index (κ3) is 3.91. The quantitative estimate of drug-likeness (QED) is 0.715. The van der Waals surface area contributed by atoms with Crippen LogP contribution in [0.5, 0.6) is 0 Å². The molecule has 0 aliphatic heterocycles. The van der Waals surface area contributed by atoms with Crippen LogP contribution < -0.4 is 0 Å². The molecular weight excluding hydrogens is 376 g/mol. The Morgan fingerprint density at radius 2 is 2.00 bits per heavy atom. The highest BCUT2D eigenvalue weighted by molar-refractivity contribution is 7.89. The molecule has 0 saturated heterocycles. The Balaban J connectivity index is 2.36. The van der Waals surface area contributed by atoms with Gasteiger partial charge in [-0.05, 0) is 38.3 Å². The summed E-state index contributed by atoms with van der Waals surface area (Å²) < 4.78 is 28.0. The number of carbonyl (C=O) groups excluding carboxylic acids is 1. The first-order valence-corrected chi connectivity index (χ1v) is 10.3. The molecule has 0 aromatic carbocycles. The standard InChI is InChI=1S/C17H23ClN4O3S/c1-5-7-8-13-9-10-14(19-11-13)17(23)22(6-2)26(24,25)15-12(3)20-21(4)16(15)18/h9-11H,5-8H2,1-4H3. The molecule has 0 atom stereocenters. The van der Waals surface area contributed by atoms with Crippen molar-refractivity contribution in [2.24, 2.45) is 7.05 Å². The Bertz CT molecular complexity index is 891. The Morgan fingerprint density at radius 3 is 2.46 bits per heavy atom. The molecule has 0 N–H and O–H groups in total. The molecule has 2 aromatic rings. The number of pyridine rings is 1. The molecule has 0 radical (unpaired) electrons. The van der Waals surface area contributed by atoms with E-state index in [0.29, 0.717) is 0 Å². The lowest BCUT2D eigenvalue weighted by atomic mass is 10.1. The molecule has 0 aliphatic carbocycles. The molecule has 2 rings (SSSR count). The van der Waals surface area contributed by atoms with Crippen LogP contribution in [0.4, 0.5) is 0 Å². The third-order valence-corrected chi connectivity index (χ3v) is 6.58. The second-order valence-electron chi connectivity index (χ2n) is 5.96. The maximum atomic E-state index is 13.0. The van der Waals surface area contributed by atoms with Gasteiger partial charge in [-0.15, -0.1) is 0 Å². The van der Waals surface area contributed by atoms with Gasteiger partial charge in [0, 0.05) is 19.8 Å². The van der Waals surface area contributed by atoms with E-state index in [1.54, 1.807) is 32.3 Å². The third-order valence-electron chi connectivity index (χ3n) is 4.02. The largest absolute Gasteiger partial charge is 0.286 e. The van der Waals surface area contributed by atoms with Crippen LogP contribution in [0, 0.1) is 6.92 Å². The fourth-order valence-corrected chi connectivity index (χ4v) is 4.74. The normalized spacial score (nSPS) is 11.6. The van der Waals surface area contributed by atoms with E-state index in [2.05, 4.69) is 17.0 Å². The van der Waals surface area contributed by atoms with Gasteiger partial charge in [0.25, 0.3) is 15.9 Å². The number of aryl methyl sites for hydroxylation is 3. The van der Waals surface area contributed by atoms with E-state index in [1.807, 2.05) is 0 Å². The molecule has 0 aliphatic rings. The summed E-state index contributed by atoms with van der Waals surface area (Å²) in [6.07, 6.45) is 4.58. The van der Waals surface area contributed by atoms with Gasteiger partial charge in [0.2, 0.25) is 0 Å². The number of unbranched alkanes of at least 4 members (excludes halogenated alkanes) is 1. The van der Waals surface area contributed by atoms with Gasteiger partial charge in [-0.25, -0.2) is 12.7 Å². The van der Waals surface area contributed by atoms with Gasteiger partial charge in [-0.1, -0.05) is 31.0 Å². The van der Waals surface area contributed by atoms with Gasteiger partial charge in [-0.2, -0.15) is 5.10 Å². The summed E-state index contributed by atoms with van der Waals surface area (Å²) in [6.45, 7) is 5.19. The Hall–Kier alpha value is -1.93. The number of aromatic nitrogens is 3. The van der Waals surface area contributed by atoms with E-state index in [9.17, 15) is 13.2 Å². The average Bonchev–Trinajstić information content (AvgIpc) is 2.86. The Labute approximate surface area is 159 Å². The molecule has 142 valence electrons. The fourth-order valence-electron chi connectivity index (χ4n) is 2.64. The molecule has 0 saturated carbocycles. The van der Waals surface area contributed by atoms with Crippen molar-refractivity contribution >= 4 is 27.5 Å². The maximum absolute atomic E-state index is 13.0. The van der Waals surface area contributed by atoms with E-state index < -0.39 is 15.9 Å². The fraction of sp³-hybridized carbons (Fsp3) is 0.471. The number of carbonyl (C=O) groups is 1. The van der Waals surface area contributed by atoms with Crippen molar-refractivity contribution in [3.63, 3.8) is 0 Å². The lowest BCUT2D eigenvalue weighted by Gasteiger charge is -2.20. The predicted molar refractivity (Wildman–Crippen MR) is 99.7 cm³/mol. The second kappa shape index (κ2) is 8.18. The minimum atomic E-state index is -4.13. The molecule has 0 unspecified atom stereocenters. The summed E-state index contributed by atoms with van der Waals surface area (Å²) in [4.78, 5) is 16.8. The van der Waals surface area contributed by atoms with Crippen molar-refractivity contribution in [2.75, 3.05) is 6.54 Å². The highest BCUT2D eigenvalue weighted by atomic mass is 35.5. The van der Waals surface area contributed by atoms with Gasteiger partial charge in [-0.3, -0.25) is 14.5 Å². The van der Waals surface area contributed by atoms with Gasteiger partial charge >= 0.3 is 0 Å². The first-order chi connectivity index (χ1) is 12.2. The van der Waals surface area contributed by atoms with E-state index in [1.165, 1.54) is 11.6 Å². The Kier molecular flexibility index (Phi) is 6.41. The number of amides is 1. The van der Waals surface area contributed by atoms with Crippen LogP contribution in [-0.2, 0) is 23.5 Å². The highest BCUT2D eigenvalue weighted by Gasteiger charge is 2.34. The monoisotopic (exact) mass is 398 g/mol. The summed E-state index contributed by atoms with van der Waals surface area (Å²) in [7, 11) is -2.59. The van der Waals surface area contributed by atoms with Crippen LogP contribution in [0.25, 0.3) is 0 Å². The van der Waals surface area contributed by atoms with E-state index in [0.717, 1.165) is 29.1 Å². The Morgan fingerprint density at radius 1 is 1.31 bits per heavy atom. The SMILES string of the molecule is CCCCc1ccc(C(=O)N(CC)S(=O)(=O)c2c(C)nn(C)c2Cl)nc1. The van der Waals surface area contributed by atoms with Crippen LogP contribution >= 0.6 is 11.6 Å². The lowest BCUT2D eigenvalue weighted by Crippen LogP contribution is -2.37. The van der Waals surface area contributed by atoms with Gasteiger partial charge in [0.15, 0.2) is 0 Å². The molecule has 0 bridgehead atoms. The van der Waals surface area contributed by atoms with Crippen molar-refractivity contribution < 1.29 is 13.2 Å². The number of hydrogen-bond acceptors (Lipinski definition) is 5. The first-order valence-electron chi connectivity index (χ1n) is 8.45. The average molecular weight is 399 g/mol. The van der Waals surface area contributed by atoms with Gasteiger partial charge < -0.3 is 0 Å². The van der Waals surface area contributed by atoms with Gasteiger partial charge in [0.05, 0.1) is 5.69 Å². The molecule has 2 aromatic heterocycles. The molecule has 1 amide bonds. The second-order valence-corrected chi connectivity index (χ2v) is 8.12. The summed E-state index contributed by atoms with van der Waals surface area (Å²) in [5, 5.41) is 3.99. The molecule has 26 heavy (non-hydrogen) atoms. The van der Waals surface area contributed by atoms with Crippen LogP contribution in [0.15, 0.2) is 23.2 Å². The molecule has 0 fully saturated rings. The maximum Gasteiger partial charge on any atom is 0.286 e. The predicted octanol–water partition coefficient (Wildman–Crippen LogP) is 2.97. The first kappa shape index (κ1) is 20.4. The van der Waals surface area contributed by atoms with Crippen molar-refractivity contribution in [3.8, 4) is 0 Å². The van der Waals surface area contributed by atoms with Crippen molar-refractivity contribution in [3.05, 3.63) is 40.4 Å². The van der Waals surface area contributed by atoms with E-state index >= 15 is 0 Å². The summed E-state index contributed by atoms with van der Waals surface area (Å²) in [5.74, 6) is -0.686. The van der Waals surface area contributed by atoms with Crippen LogP contribution in [0.3, 0.4) is 0 Å². The summed E-state index contributed by atoms with van der Waals surface area (Å²) in [6, 6.07) is 3.36. The zero-order chi connectivity index (χ0) is 19.5. The molecule has 9 heteroatoms. The van der Waals surface area contributed by atoms with Crippen molar-refractivity contribution in [1.82, 2.24) is 19.1 Å². The van der Waals surface area contributed by atoms with Crippen molar-refractivity contribution in [2.45, 2.75) is 44.9 Å². The van der Waals surface area contributed by atoms with E-state index in [4.69, 9.17) is 11.6 Å².